The molecule has 0 unspecified atom stereocenters. The minimum absolute atomic E-state index is 0.752. The molecule has 0 saturated heterocycles. The fraction of sp³-hybridized carbons (Fsp3) is 0.0500. The van der Waals surface area contributed by atoms with E-state index < -0.39 is 7.92 Å². The van der Waals surface area contributed by atoms with Gasteiger partial charge < -0.3 is 0 Å². The number of aryl methyl sites for hydroxylation is 2. The van der Waals surface area contributed by atoms with Gasteiger partial charge >= 0.3 is 0 Å². The predicted octanol–water partition coefficient (Wildman–Crippen LogP) is 9.32. The van der Waals surface area contributed by atoms with Gasteiger partial charge in [-0.1, -0.05) is 169 Å². The van der Waals surface area contributed by atoms with Gasteiger partial charge in [-0.05, 0) is 77.1 Å². The first kappa shape index (κ1) is 26.7. The Labute approximate surface area is 245 Å². The van der Waals surface area contributed by atoms with Crippen LogP contribution in [0.1, 0.15) is 27.8 Å². The van der Waals surface area contributed by atoms with E-state index in [9.17, 15) is 0 Å². The van der Waals surface area contributed by atoms with Crippen molar-refractivity contribution >= 4 is 35.5 Å². The molecule has 6 aromatic rings. The van der Waals surface area contributed by atoms with Gasteiger partial charge in [0.25, 0.3) is 0 Å². The fourth-order valence-corrected chi connectivity index (χ4v) is 7.78. The molecule has 6 rings (SSSR count). The van der Waals surface area contributed by atoms with E-state index in [1.165, 1.54) is 60.4 Å². The maximum absolute atomic E-state index is 2.34. The molecular formula is C40H33P. The van der Waals surface area contributed by atoms with E-state index in [-0.39, 0.29) is 0 Å². The van der Waals surface area contributed by atoms with Gasteiger partial charge in [-0.15, -0.1) is 0 Å². The first-order valence-corrected chi connectivity index (χ1v) is 15.5. The Balaban J connectivity index is 1.57. The summed E-state index contributed by atoms with van der Waals surface area (Å²) in [7, 11) is -0.752. The Kier molecular flexibility index (Phi) is 8.04. The van der Waals surface area contributed by atoms with Crippen LogP contribution < -0.4 is 15.9 Å². The normalized spacial score (nSPS) is 11.5. The van der Waals surface area contributed by atoms with Gasteiger partial charge in [0.05, 0.1) is 0 Å². The minimum atomic E-state index is -0.752. The molecule has 0 fully saturated rings. The fourth-order valence-electron chi connectivity index (χ4n) is 5.31. The molecule has 1 heteroatoms. The first-order chi connectivity index (χ1) is 20.2. The van der Waals surface area contributed by atoms with Gasteiger partial charge in [0, 0.05) is 0 Å². The number of rotatable bonds is 7. The Morgan fingerprint density at radius 2 is 0.951 bits per heavy atom. The highest BCUT2D eigenvalue weighted by atomic mass is 31.1. The Bertz CT molecular complexity index is 1720. The summed E-state index contributed by atoms with van der Waals surface area (Å²) in [6, 6.07) is 57.5. The number of benzene rings is 6. The molecule has 0 spiro atoms. The van der Waals surface area contributed by atoms with E-state index in [2.05, 4.69) is 178 Å². The zero-order chi connectivity index (χ0) is 28.0. The lowest BCUT2D eigenvalue weighted by atomic mass is 9.89. The molecule has 198 valence electrons. The third-order valence-electron chi connectivity index (χ3n) is 7.43. The molecule has 0 aliphatic rings. The van der Waals surface area contributed by atoms with Gasteiger partial charge in [-0.2, -0.15) is 0 Å². The molecule has 0 saturated carbocycles. The maximum atomic E-state index is 2.34. The van der Waals surface area contributed by atoms with Crippen molar-refractivity contribution in [2.24, 2.45) is 0 Å². The molecule has 0 atom stereocenters. The van der Waals surface area contributed by atoms with Crippen LogP contribution in [0.4, 0.5) is 0 Å². The third kappa shape index (κ3) is 5.99. The van der Waals surface area contributed by atoms with Crippen molar-refractivity contribution in [3.05, 3.63) is 186 Å². The van der Waals surface area contributed by atoms with E-state index >= 15 is 0 Å². The summed E-state index contributed by atoms with van der Waals surface area (Å²) in [6.07, 6.45) is 2.34. The summed E-state index contributed by atoms with van der Waals surface area (Å²) < 4.78 is 0. The first-order valence-electron chi connectivity index (χ1n) is 14.1. The topological polar surface area (TPSA) is 0 Å². The molecular weight excluding hydrogens is 511 g/mol. The van der Waals surface area contributed by atoms with Crippen LogP contribution in [0.3, 0.4) is 0 Å². The average Bonchev–Trinajstić information content (AvgIpc) is 3.03. The minimum Gasteiger partial charge on any atom is -0.0622 e. The van der Waals surface area contributed by atoms with E-state index in [0.717, 1.165) is 0 Å². The highest BCUT2D eigenvalue weighted by Crippen LogP contribution is 2.40. The average molecular weight is 545 g/mol. The van der Waals surface area contributed by atoms with Crippen LogP contribution in [0, 0.1) is 13.8 Å². The van der Waals surface area contributed by atoms with Crippen LogP contribution in [-0.2, 0) is 0 Å². The molecule has 0 N–H and O–H groups in total. The summed E-state index contributed by atoms with van der Waals surface area (Å²) in [5.41, 5.74) is 9.94. The predicted molar refractivity (Wildman–Crippen MR) is 180 cm³/mol. The maximum Gasteiger partial charge on any atom is -0.00724 e. The molecule has 6 aromatic carbocycles. The SMILES string of the molecule is Cc1ccc(/C=C(\c2ccc(C)cc2)c2ccccc2-c2ccccc2P(c2ccccc2)c2ccccc2)cc1. The summed E-state index contributed by atoms with van der Waals surface area (Å²) in [4.78, 5) is 0. The van der Waals surface area contributed by atoms with E-state index in [4.69, 9.17) is 0 Å². The lowest BCUT2D eigenvalue weighted by Crippen LogP contribution is -2.22. The lowest BCUT2D eigenvalue weighted by Gasteiger charge is -2.24. The molecule has 0 aromatic heterocycles. The van der Waals surface area contributed by atoms with Crippen molar-refractivity contribution in [3.63, 3.8) is 0 Å². The lowest BCUT2D eigenvalue weighted by molar-refractivity contribution is 1.44. The van der Waals surface area contributed by atoms with Crippen LogP contribution in [0.25, 0.3) is 22.8 Å². The van der Waals surface area contributed by atoms with Gasteiger partial charge in [0.2, 0.25) is 0 Å². The summed E-state index contributed by atoms with van der Waals surface area (Å²) >= 11 is 0. The monoisotopic (exact) mass is 544 g/mol. The molecule has 0 aliphatic carbocycles. The molecule has 0 aliphatic heterocycles. The van der Waals surface area contributed by atoms with Crippen molar-refractivity contribution in [2.45, 2.75) is 13.8 Å². The van der Waals surface area contributed by atoms with E-state index in [0.29, 0.717) is 0 Å². The smallest absolute Gasteiger partial charge is 0.00724 e. The Hall–Kier alpha value is -4.51. The van der Waals surface area contributed by atoms with Gasteiger partial charge in [0.15, 0.2) is 0 Å². The molecule has 0 amide bonds. The standard InChI is InChI=1S/C40H33P/c1-30-21-25-32(26-22-30)29-39(33-27-23-31(2)24-28-33)37-18-10-9-17-36(37)38-19-11-12-20-40(38)41(34-13-5-3-6-14-34)35-15-7-4-8-16-35/h3-29H,1-2H3/b39-29+. The Morgan fingerprint density at radius 3 is 1.56 bits per heavy atom. The van der Waals surface area contributed by atoms with Crippen molar-refractivity contribution in [3.8, 4) is 11.1 Å². The molecule has 0 bridgehead atoms. The van der Waals surface area contributed by atoms with Crippen LogP contribution in [0.5, 0.6) is 0 Å². The van der Waals surface area contributed by atoms with Gasteiger partial charge in [-0.25, -0.2) is 0 Å². The zero-order valence-electron chi connectivity index (χ0n) is 23.5. The Morgan fingerprint density at radius 1 is 0.463 bits per heavy atom. The molecule has 0 nitrogen and oxygen atoms in total. The second kappa shape index (κ2) is 12.3. The second-order valence-electron chi connectivity index (χ2n) is 10.4. The zero-order valence-corrected chi connectivity index (χ0v) is 24.4. The summed E-state index contributed by atoms with van der Waals surface area (Å²) in [5.74, 6) is 0. The molecule has 0 radical (unpaired) electrons. The molecule has 41 heavy (non-hydrogen) atoms. The highest BCUT2D eigenvalue weighted by Gasteiger charge is 2.22. The van der Waals surface area contributed by atoms with Crippen molar-refractivity contribution in [2.75, 3.05) is 0 Å². The summed E-state index contributed by atoms with van der Waals surface area (Å²) in [5, 5.41) is 4.08. The van der Waals surface area contributed by atoms with Crippen LogP contribution in [-0.4, -0.2) is 0 Å². The van der Waals surface area contributed by atoms with Gasteiger partial charge in [0.1, 0.15) is 0 Å². The van der Waals surface area contributed by atoms with Gasteiger partial charge in [-0.3, -0.25) is 0 Å². The van der Waals surface area contributed by atoms with Crippen molar-refractivity contribution < 1.29 is 0 Å². The number of hydrogen-bond donors (Lipinski definition) is 0. The van der Waals surface area contributed by atoms with Crippen molar-refractivity contribution in [1.29, 1.82) is 0 Å². The second-order valence-corrected chi connectivity index (χ2v) is 12.6. The largest absolute Gasteiger partial charge is 0.0622 e. The highest BCUT2D eigenvalue weighted by molar-refractivity contribution is 7.80. The number of hydrogen-bond acceptors (Lipinski definition) is 0. The van der Waals surface area contributed by atoms with Crippen molar-refractivity contribution in [1.82, 2.24) is 0 Å². The van der Waals surface area contributed by atoms with Crippen LogP contribution in [0.2, 0.25) is 0 Å². The van der Waals surface area contributed by atoms with Crippen LogP contribution >= 0.6 is 7.92 Å². The quantitative estimate of drug-likeness (QED) is 0.139. The third-order valence-corrected chi connectivity index (χ3v) is 9.93. The van der Waals surface area contributed by atoms with Crippen LogP contribution in [0.15, 0.2) is 158 Å². The molecule has 0 heterocycles. The van der Waals surface area contributed by atoms with E-state index in [1.54, 1.807) is 0 Å². The summed E-state index contributed by atoms with van der Waals surface area (Å²) in [6.45, 7) is 4.28. The van der Waals surface area contributed by atoms with E-state index in [1.807, 2.05) is 0 Å².